The molecule has 38 heavy (non-hydrogen) atoms. The van der Waals surface area contributed by atoms with Crippen LogP contribution in [0.25, 0.3) is 0 Å². The zero-order valence-corrected chi connectivity index (χ0v) is 23.3. The summed E-state index contributed by atoms with van der Waals surface area (Å²) in [6.45, 7) is 13.2. The summed E-state index contributed by atoms with van der Waals surface area (Å²) in [7, 11) is 0. The van der Waals surface area contributed by atoms with Crippen LogP contribution in [-0.4, -0.2) is 23.3 Å². The fourth-order valence-corrected chi connectivity index (χ4v) is 5.75. The molecule has 1 saturated carbocycles. The van der Waals surface area contributed by atoms with Gasteiger partial charge in [-0.15, -0.1) is 0 Å². The van der Waals surface area contributed by atoms with E-state index in [0.29, 0.717) is 29.9 Å². The van der Waals surface area contributed by atoms with Crippen molar-refractivity contribution in [1.29, 1.82) is 0 Å². The summed E-state index contributed by atoms with van der Waals surface area (Å²) in [4.78, 5) is 16.4. The van der Waals surface area contributed by atoms with Gasteiger partial charge < -0.3 is 4.74 Å². The van der Waals surface area contributed by atoms with Gasteiger partial charge in [-0.3, -0.25) is 9.69 Å². The van der Waals surface area contributed by atoms with Crippen molar-refractivity contribution in [3.63, 3.8) is 0 Å². The van der Waals surface area contributed by atoms with Crippen LogP contribution >= 0.6 is 0 Å². The molecule has 1 aliphatic rings. The number of nitrogens with zero attached hydrogens (tertiary/aromatic N) is 1. The number of ether oxygens (including phenoxy) is 1. The molecule has 0 aliphatic heterocycles. The Morgan fingerprint density at radius 2 is 1.39 bits per heavy atom. The SMILES string of the molecule is C=C(CN(Cc1ccccc1)Cc1ccccc1)C(=O)C(O[C@@H]1C[C@H](C)CC[C@H]1C(C)C)c1ccccc1. The molecule has 4 atom stereocenters. The van der Waals surface area contributed by atoms with E-state index in [1.807, 2.05) is 42.5 Å². The van der Waals surface area contributed by atoms with Crippen LogP contribution in [0, 0.1) is 17.8 Å². The highest BCUT2D eigenvalue weighted by Gasteiger charge is 2.36. The molecule has 3 aromatic rings. The smallest absolute Gasteiger partial charge is 0.192 e. The molecule has 0 heterocycles. The van der Waals surface area contributed by atoms with Gasteiger partial charge >= 0.3 is 0 Å². The third-order valence-corrected chi connectivity index (χ3v) is 7.87. The van der Waals surface area contributed by atoms with Crippen LogP contribution in [0.5, 0.6) is 0 Å². The molecule has 1 unspecified atom stereocenters. The second-order valence-electron chi connectivity index (χ2n) is 11.4. The molecule has 4 rings (SSSR count). The molecule has 0 aromatic heterocycles. The number of ketones is 1. The van der Waals surface area contributed by atoms with Crippen LogP contribution in [0.2, 0.25) is 0 Å². The predicted octanol–water partition coefficient (Wildman–Crippen LogP) is 8.03. The Labute approximate surface area is 229 Å². The van der Waals surface area contributed by atoms with Gasteiger partial charge in [0, 0.05) is 25.2 Å². The normalized spacial score (nSPS) is 20.4. The fourth-order valence-electron chi connectivity index (χ4n) is 5.75. The number of hydrogen-bond acceptors (Lipinski definition) is 3. The highest BCUT2D eigenvalue weighted by atomic mass is 16.5. The molecule has 0 radical (unpaired) electrons. The van der Waals surface area contributed by atoms with Gasteiger partial charge in [-0.1, -0.05) is 125 Å². The maximum absolute atomic E-state index is 14.1. The Morgan fingerprint density at radius 1 is 0.868 bits per heavy atom. The number of carbonyl (C=O) groups excluding carboxylic acids is 1. The van der Waals surface area contributed by atoms with E-state index >= 15 is 0 Å². The molecule has 0 saturated heterocycles. The standard InChI is InChI=1S/C35H43NO2/c1-26(2)32-21-20-27(3)22-33(32)38-35(31-18-12-7-13-19-31)34(37)28(4)23-36(24-29-14-8-5-9-15-29)25-30-16-10-6-11-17-30/h5-19,26-27,32-33,35H,4,20-25H2,1-3H3/t27-,32+,33-,35?/m1/s1. The second-order valence-corrected chi connectivity index (χ2v) is 11.4. The molecule has 0 N–H and O–H groups in total. The minimum Gasteiger partial charge on any atom is -0.362 e. The lowest BCUT2D eigenvalue weighted by atomic mass is 9.75. The average molecular weight is 510 g/mol. The number of hydrogen-bond donors (Lipinski definition) is 0. The van der Waals surface area contributed by atoms with Crippen molar-refractivity contribution < 1.29 is 9.53 Å². The molecular weight excluding hydrogens is 466 g/mol. The zero-order valence-electron chi connectivity index (χ0n) is 23.3. The number of Topliss-reactive ketones (excluding diaryl/α,β-unsaturated/α-hetero) is 1. The van der Waals surface area contributed by atoms with E-state index in [0.717, 1.165) is 31.5 Å². The van der Waals surface area contributed by atoms with Gasteiger partial charge in [-0.05, 0) is 47.3 Å². The molecule has 1 aliphatic carbocycles. The third-order valence-electron chi connectivity index (χ3n) is 7.87. The van der Waals surface area contributed by atoms with Gasteiger partial charge in [0.25, 0.3) is 0 Å². The molecule has 0 bridgehead atoms. The first-order valence-corrected chi connectivity index (χ1v) is 14.1. The van der Waals surface area contributed by atoms with E-state index in [1.165, 1.54) is 17.5 Å². The van der Waals surface area contributed by atoms with Crippen molar-refractivity contribution in [2.45, 2.75) is 65.3 Å². The van der Waals surface area contributed by atoms with Gasteiger partial charge in [0.05, 0.1) is 6.10 Å². The minimum atomic E-state index is -0.629. The van der Waals surface area contributed by atoms with Crippen LogP contribution in [0.4, 0.5) is 0 Å². The quantitative estimate of drug-likeness (QED) is 0.231. The van der Waals surface area contributed by atoms with Gasteiger partial charge in [-0.25, -0.2) is 0 Å². The van der Waals surface area contributed by atoms with Crippen molar-refractivity contribution in [2.75, 3.05) is 6.54 Å². The lowest BCUT2D eigenvalue weighted by molar-refractivity contribution is -0.139. The van der Waals surface area contributed by atoms with Crippen molar-refractivity contribution in [1.82, 2.24) is 4.90 Å². The van der Waals surface area contributed by atoms with Crippen molar-refractivity contribution >= 4 is 5.78 Å². The molecular formula is C35H43NO2. The Kier molecular flexibility index (Phi) is 10.1. The zero-order chi connectivity index (χ0) is 26.9. The molecule has 200 valence electrons. The van der Waals surface area contributed by atoms with Crippen LogP contribution in [0.3, 0.4) is 0 Å². The maximum Gasteiger partial charge on any atom is 0.192 e. The summed E-state index contributed by atoms with van der Waals surface area (Å²) in [5.74, 6) is 1.58. The largest absolute Gasteiger partial charge is 0.362 e. The number of carbonyl (C=O) groups is 1. The number of rotatable bonds is 12. The van der Waals surface area contributed by atoms with E-state index in [-0.39, 0.29) is 11.9 Å². The van der Waals surface area contributed by atoms with Crippen LogP contribution < -0.4 is 0 Å². The van der Waals surface area contributed by atoms with E-state index in [2.05, 4.69) is 80.8 Å². The highest BCUT2D eigenvalue weighted by Crippen LogP contribution is 2.38. The Hall–Kier alpha value is -3.01. The Balaban J connectivity index is 1.55. The molecule has 1 fully saturated rings. The molecule has 0 amide bonds. The lowest BCUT2D eigenvalue weighted by Gasteiger charge is -2.39. The molecule has 0 spiro atoms. The highest BCUT2D eigenvalue weighted by molar-refractivity contribution is 5.99. The Morgan fingerprint density at radius 3 is 1.92 bits per heavy atom. The van der Waals surface area contributed by atoms with Gasteiger partial charge in [0.1, 0.15) is 6.10 Å². The lowest BCUT2D eigenvalue weighted by Crippen LogP contribution is -2.37. The van der Waals surface area contributed by atoms with Crippen molar-refractivity contribution in [3.05, 3.63) is 120 Å². The van der Waals surface area contributed by atoms with Crippen LogP contribution in [0.1, 0.15) is 62.8 Å². The second kappa shape index (κ2) is 13.7. The summed E-state index contributed by atoms with van der Waals surface area (Å²) in [6.07, 6.45) is 2.83. The summed E-state index contributed by atoms with van der Waals surface area (Å²) < 4.78 is 6.79. The molecule has 3 heteroatoms. The summed E-state index contributed by atoms with van der Waals surface area (Å²) in [5.41, 5.74) is 3.94. The summed E-state index contributed by atoms with van der Waals surface area (Å²) in [5, 5.41) is 0. The molecule has 3 aromatic carbocycles. The fraction of sp³-hybridized carbons (Fsp3) is 0.400. The minimum absolute atomic E-state index is 0.0111. The average Bonchev–Trinajstić information content (AvgIpc) is 2.92. The topological polar surface area (TPSA) is 29.5 Å². The molecule has 3 nitrogen and oxygen atoms in total. The van der Waals surface area contributed by atoms with E-state index < -0.39 is 6.10 Å². The summed E-state index contributed by atoms with van der Waals surface area (Å²) >= 11 is 0. The van der Waals surface area contributed by atoms with Crippen molar-refractivity contribution in [2.24, 2.45) is 17.8 Å². The van der Waals surface area contributed by atoms with Crippen LogP contribution in [0.15, 0.2) is 103 Å². The predicted molar refractivity (Wildman–Crippen MR) is 157 cm³/mol. The van der Waals surface area contributed by atoms with Gasteiger partial charge in [0.2, 0.25) is 0 Å². The summed E-state index contributed by atoms with van der Waals surface area (Å²) in [6, 6.07) is 30.8. The van der Waals surface area contributed by atoms with E-state index in [1.54, 1.807) is 0 Å². The first-order chi connectivity index (χ1) is 18.4. The number of benzene rings is 3. The van der Waals surface area contributed by atoms with Gasteiger partial charge in [-0.2, -0.15) is 0 Å². The first-order valence-electron chi connectivity index (χ1n) is 14.1. The Bertz CT molecular complexity index is 1100. The van der Waals surface area contributed by atoms with E-state index in [4.69, 9.17) is 4.74 Å². The third kappa shape index (κ3) is 7.75. The monoisotopic (exact) mass is 509 g/mol. The van der Waals surface area contributed by atoms with Crippen molar-refractivity contribution in [3.8, 4) is 0 Å². The van der Waals surface area contributed by atoms with E-state index in [9.17, 15) is 4.79 Å². The first kappa shape index (κ1) is 28.0. The van der Waals surface area contributed by atoms with Gasteiger partial charge in [0.15, 0.2) is 5.78 Å². The van der Waals surface area contributed by atoms with Crippen LogP contribution in [-0.2, 0) is 22.6 Å². The maximum atomic E-state index is 14.1.